The van der Waals surface area contributed by atoms with Crippen molar-refractivity contribution in [2.75, 3.05) is 20.8 Å². The number of allylic oxidation sites excluding steroid dienone is 1. The fraction of sp³-hybridized carbons (Fsp3) is 0.444. The predicted molar refractivity (Wildman–Crippen MR) is 92.5 cm³/mol. The molecule has 0 spiro atoms. The van der Waals surface area contributed by atoms with Crippen LogP contribution in [0.15, 0.2) is 29.5 Å². The van der Waals surface area contributed by atoms with Crippen molar-refractivity contribution in [2.24, 2.45) is 5.92 Å². The summed E-state index contributed by atoms with van der Waals surface area (Å²) >= 11 is 0. The van der Waals surface area contributed by atoms with E-state index < -0.39 is 18.0 Å². The maximum Gasteiger partial charge on any atom is 0.338 e. The third-order valence-electron chi connectivity index (χ3n) is 3.78. The zero-order chi connectivity index (χ0) is 18.6. The summed E-state index contributed by atoms with van der Waals surface area (Å²) in [4.78, 5) is 24.6. The van der Waals surface area contributed by atoms with Crippen LogP contribution in [0.3, 0.4) is 0 Å². The minimum Gasteiger partial charge on any atom is -0.493 e. The molecule has 7 nitrogen and oxygen atoms in total. The molecule has 0 saturated carbocycles. The molecule has 0 bridgehead atoms. The van der Waals surface area contributed by atoms with Crippen LogP contribution in [0.25, 0.3) is 0 Å². The quantitative estimate of drug-likeness (QED) is 0.772. The molecule has 1 unspecified atom stereocenters. The first-order valence-electron chi connectivity index (χ1n) is 8.05. The van der Waals surface area contributed by atoms with Crippen molar-refractivity contribution in [3.05, 3.63) is 35.0 Å². The summed E-state index contributed by atoms with van der Waals surface area (Å²) in [5, 5.41) is 5.38. The Morgan fingerprint density at radius 2 is 1.96 bits per heavy atom. The Hall–Kier alpha value is -2.70. The highest BCUT2D eigenvalue weighted by atomic mass is 16.5. The van der Waals surface area contributed by atoms with Crippen LogP contribution >= 0.6 is 0 Å². The lowest BCUT2D eigenvalue weighted by molar-refractivity contribution is -0.140. The number of carbonyl (C=O) groups excluding carboxylic acids is 2. The number of benzene rings is 1. The number of hydrogen-bond acceptors (Lipinski definition) is 5. The van der Waals surface area contributed by atoms with Gasteiger partial charge in [0.15, 0.2) is 11.5 Å². The molecule has 0 saturated heterocycles. The Morgan fingerprint density at radius 3 is 2.56 bits per heavy atom. The Bertz CT molecular complexity index is 697. The summed E-state index contributed by atoms with van der Waals surface area (Å²) in [6, 6.07) is 4.21. The van der Waals surface area contributed by atoms with Crippen LogP contribution in [-0.2, 0) is 9.53 Å². The molecule has 1 heterocycles. The Labute approximate surface area is 147 Å². The number of esters is 1. The molecule has 2 N–H and O–H groups in total. The molecular weight excluding hydrogens is 324 g/mol. The number of rotatable bonds is 6. The molecule has 0 aromatic heterocycles. The van der Waals surface area contributed by atoms with Crippen LogP contribution in [-0.4, -0.2) is 32.8 Å². The zero-order valence-electron chi connectivity index (χ0n) is 15.1. The molecule has 136 valence electrons. The first-order chi connectivity index (χ1) is 11.9. The second-order valence-corrected chi connectivity index (χ2v) is 6.15. The number of ether oxygens (including phenoxy) is 3. The predicted octanol–water partition coefficient (Wildman–Crippen LogP) is 2.53. The van der Waals surface area contributed by atoms with Crippen molar-refractivity contribution in [3.63, 3.8) is 0 Å². The molecule has 25 heavy (non-hydrogen) atoms. The van der Waals surface area contributed by atoms with E-state index in [1.165, 1.54) is 14.2 Å². The maximum absolute atomic E-state index is 12.6. The van der Waals surface area contributed by atoms with Crippen LogP contribution in [0.2, 0.25) is 0 Å². The highest BCUT2D eigenvalue weighted by Gasteiger charge is 2.34. The summed E-state index contributed by atoms with van der Waals surface area (Å²) in [5.41, 5.74) is 1.41. The second-order valence-electron chi connectivity index (χ2n) is 6.15. The molecular formula is C18H24N2O5. The molecule has 1 aliphatic rings. The van der Waals surface area contributed by atoms with E-state index >= 15 is 0 Å². The lowest BCUT2D eigenvalue weighted by Crippen LogP contribution is -2.45. The van der Waals surface area contributed by atoms with Gasteiger partial charge >= 0.3 is 12.0 Å². The van der Waals surface area contributed by atoms with Crippen LogP contribution in [0.5, 0.6) is 11.5 Å². The van der Waals surface area contributed by atoms with Gasteiger partial charge in [0.2, 0.25) is 0 Å². The van der Waals surface area contributed by atoms with Crippen LogP contribution in [0.1, 0.15) is 32.4 Å². The molecule has 7 heteroatoms. The number of nitrogens with one attached hydrogen (secondary N) is 2. The van der Waals surface area contributed by atoms with E-state index in [4.69, 9.17) is 14.2 Å². The van der Waals surface area contributed by atoms with E-state index in [0.717, 1.165) is 0 Å². The highest BCUT2D eigenvalue weighted by molar-refractivity contribution is 5.95. The minimum absolute atomic E-state index is 0.209. The van der Waals surface area contributed by atoms with Gasteiger partial charge < -0.3 is 24.8 Å². The van der Waals surface area contributed by atoms with Gasteiger partial charge in [-0.15, -0.1) is 0 Å². The molecule has 2 rings (SSSR count). The molecule has 0 radical (unpaired) electrons. The van der Waals surface area contributed by atoms with E-state index in [1.807, 2.05) is 13.8 Å². The summed E-state index contributed by atoms with van der Waals surface area (Å²) < 4.78 is 16.1. The smallest absolute Gasteiger partial charge is 0.338 e. The summed E-state index contributed by atoms with van der Waals surface area (Å²) in [5.74, 6) is 0.703. The summed E-state index contributed by atoms with van der Waals surface area (Å²) in [6.45, 7) is 5.88. The molecule has 1 atom stereocenters. The van der Waals surface area contributed by atoms with Crippen LogP contribution < -0.4 is 20.1 Å². The van der Waals surface area contributed by atoms with Crippen molar-refractivity contribution in [1.29, 1.82) is 0 Å². The Kier molecular flexibility index (Phi) is 5.90. The average Bonchev–Trinajstić information content (AvgIpc) is 2.58. The van der Waals surface area contributed by atoms with E-state index in [0.29, 0.717) is 34.9 Å². The first-order valence-corrected chi connectivity index (χ1v) is 8.05. The molecule has 1 aliphatic heterocycles. The number of amides is 2. The maximum atomic E-state index is 12.6. The Balaban J connectivity index is 2.48. The van der Waals surface area contributed by atoms with Gasteiger partial charge in [0.05, 0.1) is 32.4 Å². The number of urea groups is 1. The monoisotopic (exact) mass is 348 g/mol. The van der Waals surface area contributed by atoms with Gasteiger partial charge in [0, 0.05) is 11.3 Å². The van der Waals surface area contributed by atoms with E-state index in [9.17, 15) is 9.59 Å². The van der Waals surface area contributed by atoms with Gasteiger partial charge in [0.1, 0.15) is 0 Å². The number of hydrogen-bond donors (Lipinski definition) is 2. The molecule has 2 amide bonds. The third-order valence-corrected chi connectivity index (χ3v) is 3.78. The largest absolute Gasteiger partial charge is 0.493 e. The minimum atomic E-state index is -0.696. The fourth-order valence-corrected chi connectivity index (χ4v) is 2.66. The van der Waals surface area contributed by atoms with E-state index in [2.05, 4.69) is 10.6 Å². The summed E-state index contributed by atoms with van der Waals surface area (Å²) in [7, 11) is 3.04. The molecule has 1 aromatic carbocycles. The van der Waals surface area contributed by atoms with Crippen molar-refractivity contribution in [2.45, 2.75) is 26.8 Å². The number of methoxy groups -OCH3 is 2. The van der Waals surface area contributed by atoms with Gasteiger partial charge in [-0.05, 0) is 18.9 Å². The zero-order valence-corrected chi connectivity index (χ0v) is 15.1. The van der Waals surface area contributed by atoms with Gasteiger partial charge in [-0.3, -0.25) is 0 Å². The standard InChI is InChI=1S/C18H24N2O5/c1-10(2)9-25-17(21)14-11(3)19-18(22)20-15(14)12-7-6-8-13(23-4)16(12)24-5/h6-8,10,15H,9H2,1-5H3,(H2,19,20,22). The average molecular weight is 348 g/mol. The van der Waals surface area contributed by atoms with Crippen molar-refractivity contribution < 1.29 is 23.8 Å². The molecule has 0 fully saturated rings. The third kappa shape index (κ3) is 4.04. The van der Waals surface area contributed by atoms with Gasteiger partial charge in [-0.2, -0.15) is 0 Å². The van der Waals surface area contributed by atoms with E-state index in [-0.39, 0.29) is 5.92 Å². The lowest BCUT2D eigenvalue weighted by Gasteiger charge is -2.29. The van der Waals surface area contributed by atoms with Gasteiger partial charge in [0.25, 0.3) is 0 Å². The molecule has 0 aliphatic carbocycles. The lowest BCUT2D eigenvalue weighted by atomic mass is 9.94. The van der Waals surface area contributed by atoms with Crippen LogP contribution in [0.4, 0.5) is 4.79 Å². The molecule has 1 aromatic rings. The van der Waals surface area contributed by atoms with E-state index in [1.54, 1.807) is 25.1 Å². The van der Waals surface area contributed by atoms with Crippen molar-refractivity contribution in [1.82, 2.24) is 10.6 Å². The second kappa shape index (κ2) is 7.92. The van der Waals surface area contributed by atoms with Gasteiger partial charge in [-0.25, -0.2) is 9.59 Å². The SMILES string of the molecule is COc1cccc(C2NC(=O)NC(C)=C2C(=O)OCC(C)C)c1OC. The first kappa shape index (κ1) is 18.6. The van der Waals surface area contributed by atoms with Crippen molar-refractivity contribution >= 4 is 12.0 Å². The van der Waals surface area contributed by atoms with Crippen LogP contribution in [0, 0.1) is 5.92 Å². The normalized spacial score (nSPS) is 17.0. The Morgan fingerprint density at radius 1 is 1.24 bits per heavy atom. The summed E-state index contributed by atoms with van der Waals surface area (Å²) in [6.07, 6.45) is 0. The topological polar surface area (TPSA) is 85.9 Å². The highest BCUT2D eigenvalue weighted by Crippen LogP contribution is 2.39. The van der Waals surface area contributed by atoms with Crippen molar-refractivity contribution in [3.8, 4) is 11.5 Å². The number of para-hydroxylation sites is 1. The fourth-order valence-electron chi connectivity index (χ4n) is 2.66. The van der Waals surface area contributed by atoms with Gasteiger partial charge in [-0.1, -0.05) is 26.0 Å². The number of carbonyl (C=O) groups is 2.